The highest BCUT2D eigenvalue weighted by molar-refractivity contribution is 5.28. The van der Waals surface area contributed by atoms with Gasteiger partial charge in [-0.15, -0.1) is 0 Å². The second-order valence-corrected chi connectivity index (χ2v) is 8.39. The number of rotatable bonds is 6. The molecule has 2 fully saturated rings. The first-order chi connectivity index (χ1) is 11.6. The van der Waals surface area contributed by atoms with Gasteiger partial charge < -0.3 is 9.47 Å². The molecule has 1 atom stereocenters. The maximum Gasteiger partial charge on any atom is 0.416 e. The van der Waals surface area contributed by atoms with Crippen LogP contribution in [0.1, 0.15) is 57.2 Å². The van der Waals surface area contributed by atoms with E-state index >= 15 is 0 Å². The van der Waals surface area contributed by atoms with Gasteiger partial charge in [0.25, 0.3) is 5.56 Å². The van der Waals surface area contributed by atoms with Crippen LogP contribution in [-0.2, 0) is 12.6 Å². The summed E-state index contributed by atoms with van der Waals surface area (Å²) in [5.74, 6) is 0.378. The monoisotopic (exact) mass is 356 g/mol. The number of hydrogen-bond donors (Lipinski definition) is 0. The summed E-state index contributed by atoms with van der Waals surface area (Å²) in [6.07, 6.45) is 0.579. The van der Waals surface area contributed by atoms with Gasteiger partial charge in [0, 0.05) is 37.9 Å². The molecule has 1 aromatic heterocycles. The molecule has 1 spiro atoms. The smallest absolute Gasteiger partial charge is 0.312 e. The van der Waals surface area contributed by atoms with Crippen LogP contribution >= 0.6 is 0 Å². The lowest BCUT2D eigenvalue weighted by Gasteiger charge is -2.40. The van der Waals surface area contributed by atoms with Gasteiger partial charge in [-0.25, -0.2) is 0 Å². The average Bonchev–Trinajstić information content (AvgIpc) is 3.23. The molecule has 2 heterocycles. The van der Waals surface area contributed by atoms with Crippen LogP contribution in [0.15, 0.2) is 17.1 Å². The second-order valence-electron chi connectivity index (χ2n) is 8.39. The van der Waals surface area contributed by atoms with Crippen LogP contribution in [0.2, 0.25) is 0 Å². The third-order valence-electron chi connectivity index (χ3n) is 5.53. The zero-order valence-electron chi connectivity index (χ0n) is 15.2. The molecule has 1 aliphatic heterocycles. The zero-order chi connectivity index (χ0) is 18.4. The summed E-state index contributed by atoms with van der Waals surface area (Å²) in [6.45, 7) is 8.63. The van der Waals surface area contributed by atoms with Crippen molar-refractivity contribution >= 4 is 0 Å². The number of aromatic nitrogens is 1. The normalized spacial score (nSPS) is 20.8. The minimum absolute atomic E-state index is 0.104. The minimum atomic E-state index is -4.48. The molecular formula is C19H27F3N2O. The van der Waals surface area contributed by atoms with Crippen molar-refractivity contribution in [2.75, 3.05) is 19.6 Å². The molecule has 6 heteroatoms. The third-order valence-corrected chi connectivity index (χ3v) is 5.53. The SMILES string of the molecule is CC(C)CC(C)n1cc(CCN2CC3(CC3)C2)c(C(F)(F)F)cc1=O. The van der Waals surface area contributed by atoms with Crippen molar-refractivity contribution in [2.45, 2.75) is 58.7 Å². The van der Waals surface area contributed by atoms with Crippen LogP contribution in [-0.4, -0.2) is 29.1 Å². The van der Waals surface area contributed by atoms with Crippen LogP contribution in [0.3, 0.4) is 0 Å². The van der Waals surface area contributed by atoms with Crippen LogP contribution < -0.4 is 5.56 Å². The minimum Gasteiger partial charge on any atom is -0.312 e. The van der Waals surface area contributed by atoms with Crippen molar-refractivity contribution in [1.82, 2.24) is 9.47 Å². The lowest BCUT2D eigenvalue weighted by Crippen LogP contribution is -2.49. The Bertz CT molecular complexity index is 681. The van der Waals surface area contributed by atoms with Crippen LogP contribution in [0.4, 0.5) is 13.2 Å². The van der Waals surface area contributed by atoms with E-state index in [1.807, 2.05) is 20.8 Å². The lowest BCUT2D eigenvalue weighted by atomic mass is 9.96. The van der Waals surface area contributed by atoms with Gasteiger partial charge >= 0.3 is 6.18 Å². The van der Waals surface area contributed by atoms with Gasteiger partial charge in [0.15, 0.2) is 0 Å². The number of likely N-dealkylation sites (tertiary alicyclic amines) is 1. The van der Waals surface area contributed by atoms with E-state index in [2.05, 4.69) is 4.90 Å². The molecule has 0 aromatic carbocycles. The second kappa shape index (κ2) is 6.45. The molecule has 0 bridgehead atoms. The number of alkyl halides is 3. The predicted molar refractivity (Wildman–Crippen MR) is 91.7 cm³/mol. The third kappa shape index (κ3) is 4.10. The molecule has 0 N–H and O–H groups in total. The molecule has 3 rings (SSSR count). The Balaban J connectivity index is 1.80. The van der Waals surface area contributed by atoms with E-state index in [0.717, 1.165) is 25.6 Å². The summed E-state index contributed by atoms with van der Waals surface area (Å²) in [4.78, 5) is 14.4. The first-order valence-corrected chi connectivity index (χ1v) is 9.14. The van der Waals surface area contributed by atoms with Crippen LogP contribution in [0, 0.1) is 11.3 Å². The van der Waals surface area contributed by atoms with E-state index in [-0.39, 0.29) is 11.6 Å². The van der Waals surface area contributed by atoms with Crippen molar-refractivity contribution in [2.24, 2.45) is 11.3 Å². The fraction of sp³-hybridized carbons (Fsp3) is 0.737. The van der Waals surface area contributed by atoms with Gasteiger partial charge in [0.05, 0.1) is 5.56 Å². The largest absolute Gasteiger partial charge is 0.416 e. The summed E-state index contributed by atoms with van der Waals surface area (Å²) in [6, 6.07) is 0.678. The predicted octanol–water partition coefficient (Wildman–Crippen LogP) is 4.11. The highest BCUT2D eigenvalue weighted by atomic mass is 19.4. The Morgan fingerprint density at radius 2 is 1.84 bits per heavy atom. The summed E-state index contributed by atoms with van der Waals surface area (Å²) >= 11 is 0. The Morgan fingerprint density at radius 1 is 1.20 bits per heavy atom. The van der Waals surface area contributed by atoms with E-state index in [9.17, 15) is 18.0 Å². The molecule has 1 aliphatic carbocycles. The molecule has 1 aromatic rings. The molecule has 0 radical (unpaired) electrons. The Labute approximate surface area is 146 Å². The maximum absolute atomic E-state index is 13.4. The number of nitrogens with zero attached hydrogens (tertiary/aromatic N) is 2. The molecular weight excluding hydrogens is 329 g/mol. The first kappa shape index (κ1) is 18.5. The molecule has 25 heavy (non-hydrogen) atoms. The fourth-order valence-corrected chi connectivity index (χ4v) is 4.03. The molecule has 1 unspecified atom stereocenters. The summed E-state index contributed by atoms with van der Waals surface area (Å²) in [5, 5.41) is 0. The lowest BCUT2D eigenvalue weighted by molar-refractivity contribution is -0.138. The Morgan fingerprint density at radius 3 is 2.36 bits per heavy atom. The van der Waals surface area contributed by atoms with E-state index in [1.165, 1.54) is 23.6 Å². The summed E-state index contributed by atoms with van der Waals surface area (Å²) in [5.41, 5.74) is -0.603. The quantitative estimate of drug-likeness (QED) is 0.766. The van der Waals surface area contributed by atoms with Crippen molar-refractivity contribution in [3.8, 4) is 0 Å². The fourth-order valence-electron chi connectivity index (χ4n) is 4.03. The van der Waals surface area contributed by atoms with Crippen LogP contribution in [0.5, 0.6) is 0 Å². The molecule has 2 aliphatic rings. The first-order valence-electron chi connectivity index (χ1n) is 9.14. The molecule has 3 nitrogen and oxygen atoms in total. The Hall–Kier alpha value is -1.30. The van der Waals surface area contributed by atoms with Gasteiger partial charge in [0.1, 0.15) is 0 Å². The Kier molecular flexibility index (Phi) is 4.77. The van der Waals surface area contributed by atoms with Crippen LogP contribution in [0.25, 0.3) is 0 Å². The van der Waals surface area contributed by atoms with E-state index in [1.54, 1.807) is 0 Å². The highest BCUT2D eigenvalue weighted by Gasteiger charge is 2.51. The topological polar surface area (TPSA) is 25.2 Å². The maximum atomic E-state index is 13.4. The van der Waals surface area contributed by atoms with Crippen molar-refractivity contribution in [1.29, 1.82) is 0 Å². The van der Waals surface area contributed by atoms with E-state index < -0.39 is 17.3 Å². The van der Waals surface area contributed by atoms with Crippen molar-refractivity contribution in [3.63, 3.8) is 0 Å². The van der Waals surface area contributed by atoms with Gasteiger partial charge in [-0.1, -0.05) is 13.8 Å². The van der Waals surface area contributed by atoms with Crippen molar-refractivity contribution < 1.29 is 13.2 Å². The van der Waals surface area contributed by atoms with E-state index in [4.69, 9.17) is 0 Å². The standard InChI is InChI=1S/C19H27F3N2O/c1-13(2)8-14(3)24-10-15(16(9-17(24)25)19(20,21)22)4-7-23-11-18(12-23)5-6-18/h9-10,13-14H,4-8,11-12H2,1-3H3. The van der Waals surface area contributed by atoms with Gasteiger partial charge in [-0.3, -0.25) is 4.79 Å². The number of hydrogen-bond acceptors (Lipinski definition) is 2. The molecule has 140 valence electrons. The van der Waals surface area contributed by atoms with Gasteiger partial charge in [-0.2, -0.15) is 13.2 Å². The zero-order valence-corrected chi connectivity index (χ0v) is 15.2. The van der Waals surface area contributed by atoms with E-state index in [0.29, 0.717) is 24.3 Å². The molecule has 0 amide bonds. The van der Waals surface area contributed by atoms with Crippen molar-refractivity contribution in [3.05, 3.63) is 33.7 Å². The molecule has 1 saturated carbocycles. The number of halogens is 3. The molecule has 1 saturated heterocycles. The van der Waals surface area contributed by atoms with Gasteiger partial charge in [-0.05, 0) is 49.5 Å². The highest BCUT2D eigenvalue weighted by Crippen LogP contribution is 2.52. The van der Waals surface area contributed by atoms with Gasteiger partial charge in [0.2, 0.25) is 0 Å². The average molecular weight is 356 g/mol. The number of pyridine rings is 1. The summed E-state index contributed by atoms with van der Waals surface area (Å²) < 4.78 is 41.6. The summed E-state index contributed by atoms with van der Waals surface area (Å²) in [7, 11) is 0.